The van der Waals surface area contributed by atoms with Crippen molar-refractivity contribution >= 4 is 11.5 Å². The molecule has 3 heteroatoms. The molecule has 0 bridgehead atoms. The van der Waals surface area contributed by atoms with Crippen LogP contribution in [0.25, 0.3) is 0 Å². The van der Waals surface area contributed by atoms with Crippen LogP contribution in [0.1, 0.15) is 105 Å². The molecule has 3 nitrogen and oxygen atoms in total. The van der Waals surface area contributed by atoms with E-state index < -0.39 is 5.60 Å². The predicted octanol–water partition coefficient (Wildman–Crippen LogP) is 7.54. The van der Waals surface area contributed by atoms with Crippen LogP contribution in [-0.2, 0) is 4.79 Å². The highest BCUT2D eigenvalue weighted by atomic mass is 16.3. The molecule has 0 spiro atoms. The lowest BCUT2D eigenvalue weighted by atomic mass is 9.46. The summed E-state index contributed by atoms with van der Waals surface area (Å²) < 4.78 is 0. The van der Waals surface area contributed by atoms with Gasteiger partial charge in [-0.2, -0.15) is 0 Å². The second-order valence-corrected chi connectivity index (χ2v) is 15.2. The zero-order chi connectivity index (χ0) is 27.7. The number of benzene rings is 1. The largest absolute Gasteiger partial charge is 0.377 e. The van der Waals surface area contributed by atoms with Crippen LogP contribution in [0.15, 0.2) is 35.9 Å². The second kappa shape index (κ2) is 9.26. The number of hydrogen-bond donors (Lipinski definition) is 1. The zero-order valence-corrected chi connectivity index (χ0v) is 25.0. The van der Waals surface area contributed by atoms with Crippen LogP contribution in [-0.4, -0.2) is 29.1 Å². The smallest absolute Gasteiger partial charge is 0.155 e. The molecule has 206 valence electrons. The Labute approximate surface area is 231 Å². The number of nitrogens with zero attached hydrogens (tertiary/aromatic N) is 1. The van der Waals surface area contributed by atoms with Crippen molar-refractivity contribution in [3.8, 4) is 11.8 Å². The first kappa shape index (κ1) is 27.5. The first-order valence-corrected chi connectivity index (χ1v) is 15.0. The van der Waals surface area contributed by atoms with Crippen LogP contribution in [0.5, 0.6) is 0 Å². The topological polar surface area (TPSA) is 40.5 Å². The molecular formula is C35H49NO2. The van der Waals surface area contributed by atoms with Crippen LogP contribution in [0, 0.1) is 46.3 Å². The number of anilines is 1. The van der Waals surface area contributed by atoms with E-state index in [9.17, 15) is 9.90 Å². The van der Waals surface area contributed by atoms with Crippen molar-refractivity contribution in [2.45, 2.75) is 110 Å². The molecule has 0 aromatic heterocycles. The lowest BCUT2D eigenvalue weighted by molar-refractivity contribution is -0.117. The Morgan fingerprint density at radius 2 is 1.66 bits per heavy atom. The van der Waals surface area contributed by atoms with E-state index in [2.05, 4.69) is 96.5 Å². The number of allylic oxidation sites excluding steroid dienone is 1. The molecule has 1 aromatic rings. The molecule has 4 aliphatic rings. The first-order chi connectivity index (χ1) is 17.6. The Balaban J connectivity index is 1.57. The second-order valence-electron chi connectivity index (χ2n) is 15.2. The molecule has 4 aliphatic carbocycles. The van der Waals surface area contributed by atoms with E-state index in [0.717, 1.165) is 38.5 Å². The van der Waals surface area contributed by atoms with Gasteiger partial charge in [0.1, 0.15) is 5.60 Å². The summed E-state index contributed by atoms with van der Waals surface area (Å²) >= 11 is 0. The van der Waals surface area contributed by atoms with Crippen molar-refractivity contribution < 1.29 is 9.90 Å². The van der Waals surface area contributed by atoms with Gasteiger partial charge in [-0.15, -0.1) is 0 Å². The lowest BCUT2D eigenvalue weighted by Crippen LogP contribution is -2.54. The van der Waals surface area contributed by atoms with Gasteiger partial charge in [-0.1, -0.05) is 36.5 Å². The molecular weight excluding hydrogens is 466 g/mol. The summed E-state index contributed by atoms with van der Waals surface area (Å²) in [6, 6.07) is 9.27. The highest BCUT2D eigenvalue weighted by Crippen LogP contribution is 2.68. The third-order valence-corrected chi connectivity index (χ3v) is 10.8. The molecule has 3 saturated carbocycles. The molecule has 0 heterocycles. The van der Waals surface area contributed by atoms with E-state index in [4.69, 9.17) is 0 Å². The van der Waals surface area contributed by atoms with Crippen LogP contribution >= 0.6 is 0 Å². The number of ketones is 1. The monoisotopic (exact) mass is 515 g/mol. The van der Waals surface area contributed by atoms with Crippen molar-refractivity contribution in [1.82, 2.24) is 0 Å². The highest BCUT2D eigenvalue weighted by Gasteiger charge is 2.64. The normalized spacial score (nSPS) is 36.8. The van der Waals surface area contributed by atoms with Gasteiger partial charge in [0.05, 0.1) is 0 Å². The van der Waals surface area contributed by atoms with Crippen LogP contribution in [0.4, 0.5) is 5.69 Å². The molecule has 0 amide bonds. The Hall–Kier alpha value is -2.05. The van der Waals surface area contributed by atoms with Crippen LogP contribution in [0.3, 0.4) is 0 Å². The maximum atomic E-state index is 12.4. The summed E-state index contributed by atoms with van der Waals surface area (Å²) in [6.07, 6.45) is 8.63. The number of carbonyl (C=O) groups is 1. The van der Waals surface area contributed by atoms with Crippen molar-refractivity contribution in [3.05, 3.63) is 41.5 Å². The quantitative estimate of drug-likeness (QED) is 0.414. The molecule has 0 unspecified atom stereocenters. The average molecular weight is 516 g/mol. The third-order valence-electron chi connectivity index (χ3n) is 10.8. The molecule has 0 radical (unpaired) electrons. The van der Waals surface area contributed by atoms with Crippen LogP contribution < -0.4 is 4.90 Å². The molecule has 38 heavy (non-hydrogen) atoms. The number of rotatable bonds is 2. The fourth-order valence-corrected chi connectivity index (χ4v) is 8.48. The predicted molar refractivity (Wildman–Crippen MR) is 157 cm³/mol. The van der Waals surface area contributed by atoms with Gasteiger partial charge < -0.3 is 10.0 Å². The summed E-state index contributed by atoms with van der Waals surface area (Å²) in [5, 5.41) is 12.2. The van der Waals surface area contributed by atoms with Crippen molar-refractivity contribution in [2.24, 2.45) is 34.5 Å². The summed E-state index contributed by atoms with van der Waals surface area (Å²) in [5.41, 5.74) is 2.78. The van der Waals surface area contributed by atoms with Crippen molar-refractivity contribution in [2.75, 3.05) is 11.9 Å². The summed E-state index contributed by atoms with van der Waals surface area (Å²) in [4.78, 5) is 14.7. The minimum absolute atomic E-state index is 0.0575. The van der Waals surface area contributed by atoms with Gasteiger partial charge in [-0.25, -0.2) is 0 Å². The van der Waals surface area contributed by atoms with Gasteiger partial charge in [-0.05, 0) is 133 Å². The van der Waals surface area contributed by atoms with E-state index in [1.165, 1.54) is 16.8 Å². The highest BCUT2D eigenvalue weighted by molar-refractivity contribution is 5.91. The van der Waals surface area contributed by atoms with E-state index in [1.54, 1.807) is 0 Å². The third kappa shape index (κ3) is 4.66. The van der Waals surface area contributed by atoms with Crippen LogP contribution in [0.2, 0.25) is 0 Å². The molecule has 7 atom stereocenters. The van der Waals surface area contributed by atoms with E-state index in [1.807, 2.05) is 6.08 Å². The Morgan fingerprint density at radius 1 is 0.974 bits per heavy atom. The molecule has 1 N–H and O–H groups in total. The molecule has 1 aromatic carbocycles. The number of aliphatic hydroxyl groups is 1. The minimum atomic E-state index is -0.945. The molecule has 0 aliphatic heterocycles. The fourth-order valence-electron chi connectivity index (χ4n) is 8.48. The number of hydrogen-bond acceptors (Lipinski definition) is 3. The molecule has 5 rings (SSSR count). The van der Waals surface area contributed by atoms with Gasteiger partial charge in [0.2, 0.25) is 0 Å². The first-order valence-electron chi connectivity index (χ1n) is 15.0. The van der Waals surface area contributed by atoms with Gasteiger partial charge in [-0.3, -0.25) is 4.79 Å². The lowest BCUT2D eigenvalue weighted by Gasteiger charge is -2.58. The van der Waals surface area contributed by atoms with Gasteiger partial charge in [0.15, 0.2) is 5.78 Å². The summed E-state index contributed by atoms with van der Waals surface area (Å²) in [7, 11) is 2.17. The van der Waals surface area contributed by atoms with Crippen molar-refractivity contribution in [3.63, 3.8) is 0 Å². The zero-order valence-electron chi connectivity index (χ0n) is 25.0. The van der Waals surface area contributed by atoms with Crippen molar-refractivity contribution in [1.29, 1.82) is 0 Å². The SMILES string of the molecule is CN(c1ccc([C@H]2C[C@@]3(C)[C@@H](CC[C@@]3(O)C#CC(C)(C)C)[C@@H]3CCC4=CC(=O)CC[C@@H]4[C@H]32)cc1)C(C)(C)C. The number of fused-ring (bicyclic) bond motifs is 5. The average Bonchev–Trinajstić information content (AvgIpc) is 3.11. The Kier molecular flexibility index (Phi) is 6.71. The van der Waals surface area contributed by atoms with Gasteiger partial charge >= 0.3 is 0 Å². The summed E-state index contributed by atoms with van der Waals surface area (Å²) in [5.74, 6) is 9.62. The maximum Gasteiger partial charge on any atom is 0.155 e. The fraction of sp³-hybridized carbons (Fsp3) is 0.686. The standard InChI is InChI=1S/C35H49NO2/c1-32(2,3)19-20-35(38)18-17-30-28-15-11-24-21-26(37)14-16-27(24)31(28)29(22-34(30,35)7)23-9-12-25(13-10-23)36(8)33(4,5)6/h9-10,12-13,21,27-31,38H,11,14-18,22H2,1-8H3/t27-,28-,29+,30-,31+,34-,35+/m0/s1. The van der Waals surface area contributed by atoms with E-state index in [0.29, 0.717) is 41.8 Å². The maximum absolute atomic E-state index is 12.4. The van der Waals surface area contributed by atoms with Gasteiger partial charge in [0, 0.05) is 35.5 Å². The summed E-state index contributed by atoms with van der Waals surface area (Å²) in [6.45, 7) is 15.5. The van der Waals surface area contributed by atoms with E-state index in [-0.39, 0.29) is 16.4 Å². The Morgan fingerprint density at radius 3 is 2.29 bits per heavy atom. The van der Waals surface area contributed by atoms with Gasteiger partial charge in [0.25, 0.3) is 0 Å². The van der Waals surface area contributed by atoms with E-state index >= 15 is 0 Å². The minimum Gasteiger partial charge on any atom is -0.377 e. The molecule has 0 saturated heterocycles. The molecule has 3 fully saturated rings. The Bertz CT molecular complexity index is 1170. The number of carbonyl (C=O) groups excluding carboxylic acids is 1.